The molecule has 0 aliphatic carbocycles. The first-order chi connectivity index (χ1) is 18.0. The maximum atomic E-state index is 12.2. The van der Waals surface area contributed by atoms with Crippen LogP contribution in [0.3, 0.4) is 0 Å². The molecular formula is C22H24AgN8O6S2. The molecule has 2 aromatic carbocycles. The third kappa shape index (κ3) is 9.08. The van der Waals surface area contributed by atoms with Crippen molar-refractivity contribution in [3.05, 3.63) is 73.1 Å². The fraction of sp³-hybridized carbons (Fsp3) is 0.0909. The second-order valence-corrected chi connectivity index (χ2v) is 10.6. The van der Waals surface area contributed by atoms with E-state index in [4.69, 9.17) is 20.9 Å². The van der Waals surface area contributed by atoms with Gasteiger partial charge in [-0.05, 0) is 54.6 Å². The zero-order valence-electron chi connectivity index (χ0n) is 20.4. The normalized spacial score (nSPS) is 10.7. The van der Waals surface area contributed by atoms with E-state index in [0.717, 1.165) is 0 Å². The van der Waals surface area contributed by atoms with Gasteiger partial charge in [0.1, 0.15) is 0 Å². The predicted molar refractivity (Wildman–Crippen MR) is 140 cm³/mol. The Balaban J connectivity index is 0.000000272. The van der Waals surface area contributed by atoms with Gasteiger partial charge >= 0.3 is 6.01 Å². The zero-order chi connectivity index (χ0) is 27.8. The van der Waals surface area contributed by atoms with Crippen molar-refractivity contribution in [2.75, 3.05) is 35.1 Å². The van der Waals surface area contributed by atoms with E-state index in [1.54, 1.807) is 6.07 Å². The van der Waals surface area contributed by atoms with Crippen LogP contribution in [0.2, 0.25) is 0 Å². The molecule has 0 amide bonds. The van der Waals surface area contributed by atoms with Crippen LogP contribution in [-0.2, 0) is 42.4 Å². The van der Waals surface area contributed by atoms with Crippen LogP contribution in [0.1, 0.15) is 0 Å². The van der Waals surface area contributed by atoms with Crippen molar-refractivity contribution in [1.82, 2.24) is 19.9 Å². The van der Waals surface area contributed by atoms with Crippen molar-refractivity contribution in [3.63, 3.8) is 0 Å². The molecule has 17 heteroatoms. The summed E-state index contributed by atoms with van der Waals surface area (Å²) in [6.45, 7) is 0. The van der Waals surface area contributed by atoms with E-state index in [9.17, 15) is 16.8 Å². The summed E-state index contributed by atoms with van der Waals surface area (Å²) in [4.78, 5) is 15.5. The molecule has 0 spiro atoms. The Kier molecular flexibility index (Phi) is 11.0. The summed E-state index contributed by atoms with van der Waals surface area (Å²) in [6.07, 6.45) is 2.90. The van der Waals surface area contributed by atoms with Crippen molar-refractivity contribution >= 4 is 43.2 Å². The van der Waals surface area contributed by atoms with E-state index in [1.165, 1.54) is 81.2 Å². The fourth-order valence-corrected chi connectivity index (χ4v) is 4.62. The minimum Gasteiger partial charge on any atom is -0.481 e. The maximum Gasteiger partial charge on any atom is 0.321 e. The molecule has 0 fully saturated rings. The molecule has 39 heavy (non-hydrogen) atoms. The maximum absolute atomic E-state index is 12.2. The second-order valence-electron chi connectivity index (χ2n) is 7.20. The van der Waals surface area contributed by atoms with Gasteiger partial charge < -0.3 is 20.9 Å². The van der Waals surface area contributed by atoms with Crippen molar-refractivity contribution in [2.45, 2.75) is 9.79 Å². The number of sulfonamides is 2. The van der Waals surface area contributed by atoms with E-state index in [0.29, 0.717) is 11.4 Å². The largest absolute Gasteiger partial charge is 0.481 e. The van der Waals surface area contributed by atoms with Gasteiger partial charge in [0, 0.05) is 52.2 Å². The monoisotopic (exact) mass is 667 g/mol. The van der Waals surface area contributed by atoms with Gasteiger partial charge in [-0.3, -0.25) is 4.72 Å². The zero-order valence-corrected chi connectivity index (χ0v) is 23.6. The number of nitrogens with zero attached hydrogens (tertiary/aromatic N) is 4. The Morgan fingerprint density at radius 2 is 1.21 bits per heavy atom. The van der Waals surface area contributed by atoms with E-state index >= 15 is 0 Å². The summed E-state index contributed by atoms with van der Waals surface area (Å²) in [5.74, 6) is 0.247. The molecule has 6 N–H and O–H groups in total. The number of nitrogens with two attached hydrogens (primary N) is 2. The summed E-state index contributed by atoms with van der Waals surface area (Å²) in [5.41, 5.74) is 12.0. The first-order valence-corrected chi connectivity index (χ1v) is 13.5. The summed E-state index contributed by atoms with van der Waals surface area (Å²) >= 11 is 0. The standard InChI is InChI=1S/C12H14N4O4S.C10H10N4O2S.Ag/c1-19-11-7-10(14-12(15-11)20-2)16-21(17,18)9-5-3-8(13)4-6-9;11-8-2-4-9(5-3-8)17(15,16)14-10-12-6-1-7-13-10;/h3-7H,13H2,1-2H3,(H,14,15,16);1-7H,11H2,(H,12,13,14);. The van der Waals surface area contributed by atoms with Crippen LogP contribution in [0.15, 0.2) is 82.8 Å². The van der Waals surface area contributed by atoms with Crippen LogP contribution < -0.4 is 30.4 Å². The minimum absolute atomic E-state index is 0. The molecule has 4 aromatic rings. The van der Waals surface area contributed by atoms with Gasteiger partial charge in [-0.25, -0.2) is 31.5 Å². The molecule has 0 atom stereocenters. The molecule has 2 heterocycles. The molecule has 0 aliphatic heterocycles. The Labute approximate surface area is 240 Å². The van der Waals surface area contributed by atoms with Gasteiger partial charge in [0.2, 0.25) is 11.8 Å². The average Bonchev–Trinajstić information content (AvgIpc) is 2.89. The number of hydrogen-bond donors (Lipinski definition) is 4. The molecule has 0 saturated carbocycles. The van der Waals surface area contributed by atoms with Gasteiger partial charge in [0.25, 0.3) is 20.0 Å². The number of aromatic nitrogens is 4. The predicted octanol–water partition coefficient (Wildman–Crippen LogP) is 1.73. The average molecular weight is 668 g/mol. The molecule has 0 unspecified atom stereocenters. The quantitative estimate of drug-likeness (QED) is 0.156. The van der Waals surface area contributed by atoms with Crippen molar-refractivity contribution in [3.8, 4) is 11.9 Å². The van der Waals surface area contributed by atoms with Crippen LogP contribution >= 0.6 is 0 Å². The fourth-order valence-electron chi connectivity index (χ4n) is 2.67. The molecule has 211 valence electrons. The molecule has 4 rings (SSSR count). The first-order valence-electron chi connectivity index (χ1n) is 10.5. The molecule has 2 aromatic heterocycles. The number of anilines is 4. The van der Waals surface area contributed by atoms with E-state index in [1.807, 2.05) is 0 Å². The summed E-state index contributed by atoms with van der Waals surface area (Å²) in [7, 11) is -4.68. The molecule has 1 radical (unpaired) electrons. The minimum atomic E-state index is -3.79. The van der Waals surface area contributed by atoms with E-state index in [-0.39, 0.29) is 55.8 Å². The third-order valence-electron chi connectivity index (χ3n) is 4.48. The molecule has 0 bridgehead atoms. The second kappa shape index (κ2) is 13.7. The molecule has 0 saturated heterocycles. The Bertz CT molecular complexity index is 1550. The van der Waals surface area contributed by atoms with Gasteiger partial charge in [-0.15, -0.1) is 0 Å². The Morgan fingerprint density at radius 3 is 1.67 bits per heavy atom. The van der Waals surface area contributed by atoms with Crippen LogP contribution in [0.25, 0.3) is 0 Å². The number of ether oxygens (including phenoxy) is 2. The number of nitrogen functional groups attached to an aromatic ring is 2. The van der Waals surface area contributed by atoms with Gasteiger partial charge in [-0.2, -0.15) is 9.97 Å². The van der Waals surface area contributed by atoms with Crippen molar-refractivity contribution < 1.29 is 48.7 Å². The van der Waals surface area contributed by atoms with Gasteiger partial charge in [0.15, 0.2) is 5.82 Å². The molecular weight excluding hydrogens is 644 g/mol. The van der Waals surface area contributed by atoms with E-state index in [2.05, 4.69) is 29.4 Å². The summed E-state index contributed by atoms with van der Waals surface area (Å²) < 4.78 is 62.6. The third-order valence-corrected chi connectivity index (χ3v) is 7.20. The number of benzene rings is 2. The van der Waals surface area contributed by atoms with E-state index < -0.39 is 20.0 Å². The number of nitrogens with one attached hydrogen (secondary N) is 2. The Morgan fingerprint density at radius 1 is 0.718 bits per heavy atom. The van der Waals surface area contributed by atoms with Crippen LogP contribution in [0.5, 0.6) is 11.9 Å². The van der Waals surface area contributed by atoms with Gasteiger partial charge in [0.05, 0.1) is 24.0 Å². The Hall–Kier alpha value is -3.96. The van der Waals surface area contributed by atoms with Crippen molar-refractivity contribution in [2.24, 2.45) is 0 Å². The van der Waals surface area contributed by atoms with Gasteiger partial charge in [-0.1, -0.05) is 0 Å². The molecule has 14 nitrogen and oxygen atoms in total. The van der Waals surface area contributed by atoms with Crippen LogP contribution in [0.4, 0.5) is 23.1 Å². The van der Waals surface area contributed by atoms with Crippen LogP contribution in [-0.4, -0.2) is 51.0 Å². The summed E-state index contributed by atoms with van der Waals surface area (Å²) in [6, 6.07) is 14.6. The number of rotatable bonds is 8. The van der Waals surface area contributed by atoms with Crippen molar-refractivity contribution in [1.29, 1.82) is 0 Å². The SMILES string of the molecule is COc1cc(NS(=O)(=O)c2ccc(N)cc2)nc(OC)n1.Nc1ccc(S(=O)(=O)Nc2ncccn2)cc1.[Ag]. The molecule has 0 aliphatic rings. The topological polar surface area (TPSA) is 214 Å². The number of hydrogen-bond acceptors (Lipinski definition) is 12. The number of methoxy groups -OCH3 is 2. The van der Waals surface area contributed by atoms with Crippen LogP contribution in [0, 0.1) is 0 Å². The first kappa shape index (κ1) is 31.3. The summed E-state index contributed by atoms with van der Waals surface area (Å²) in [5, 5.41) is 0. The smallest absolute Gasteiger partial charge is 0.321 e.